The summed E-state index contributed by atoms with van der Waals surface area (Å²) in [6.45, 7) is 7.52. The summed E-state index contributed by atoms with van der Waals surface area (Å²) in [6, 6.07) is 11.5. The lowest BCUT2D eigenvalue weighted by molar-refractivity contribution is -0.0568. The molecule has 3 heterocycles. The van der Waals surface area contributed by atoms with E-state index >= 15 is 0 Å². The predicted molar refractivity (Wildman–Crippen MR) is 94.8 cm³/mol. The molecule has 24 heavy (non-hydrogen) atoms. The van der Waals surface area contributed by atoms with Crippen LogP contribution in [0.3, 0.4) is 0 Å². The van der Waals surface area contributed by atoms with Gasteiger partial charge in [-0.3, -0.25) is 9.80 Å². The van der Waals surface area contributed by atoms with Gasteiger partial charge in [-0.05, 0) is 43.8 Å². The van der Waals surface area contributed by atoms with Crippen LogP contribution in [0.1, 0.15) is 24.8 Å². The first-order valence-electron chi connectivity index (χ1n) is 9.48. The average Bonchev–Trinajstić information content (AvgIpc) is 3.03. The molecule has 4 nitrogen and oxygen atoms in total. The van der Waals surface area contributed by atoms with Gasteiger partial charge in [-0.25, -0.2) is 0 Å². The fourth-order valence-corrected chi connectivity index (χ4v) is 4.92. The molecule has 3 aliphatic rings. The van der Waals surface area contributed by atoms with Crippen molar-refractivity contribution in [2.24, 2.45) is 11.3 Å². The molecule has 1 N–H and O–H groups in total. The number of likely N-dealkylation sites (tertiary alicyclic amines) is 2. The first-order chi connectivity index (χ1) is 11.8. The molecule has 0 unspecified atom stereocenters. The van der Waals surface area contributed by atoms with Crippen LogP contribution in [0.5, 0.6) is 0 Å². The van der Waals surface area contributed by atoms with Gasteiger partial charge in [-0.2, -0.15) is 0 Å². The van der Waals surface area contributed by atoms with Crippen molar-refractivity contribution in [1.82, 2.24) is 9.80 Å². The first kappa shape index (κ1) is 16.5. The lowest BCUT2D eigenvalue weighted by Gasteiger charge is -2.38. The molecular formula is C20H30N2O2. The zero-order valence-electron chi connectivity index (χ0n) is 14.6. The molecule has 0 aromatic heterocycles. The van der Waals surface area contributed by atoms with Crippen LogP contribution in [-0.2, 0) is 11.3 Å². The minimum atomic E-state index is 0.0133. The maximum atomic E-state index is 9.96. The molecule has 1 aromatic carbocycles. The summed E-state index contributed by atoms with van der Waals surface area (Å²) in [5, 5.41) is 9.96. The van der Waals surface area contributed by atoms with E-state index in [2.05, 4.69) is 40.1 Å². The van der Waals surface area contributed by atoms with Gasteiger partial charge in [0.1, 0.15) is 0 Å². The lowest BCUT2D eigenvalue weighted by Crippen LogP contribution is -2.46. The molecule has 0 aliphatic carbocycles. The van der Waals surface area contributed by atoms with E-state index in [1.165, 1.54) is 31.5 Å². The Balaban J connectivity index is 1.32. The van der Waals surface area contributed by atoms with Crippen molar-refractivity contribution in [2.45, 2.75) is 31.8 Å². The zero-order chi connectivity index (χ0) is 16.4. The van der Waals surface area contributed by atoms with Crippen molar-refractivity contribution in [3.63, 3.8) is 0 Å². The van der Waals surface area contributed by atoms with E-state index in [0.717, 1.165) is 39.3 Å². The summed E-state index contributed by atoms with van der Waals surface area (Å²) in [7, 11) is 0. The molecule has 3 fully saturated rings. The molecule has 0 bridgehead atoms. The Morgan fingerprint density at radius 3 is 2.62 bits per heavy atom. The number of benzene rings is 1. The summed E-state index contributed by atoms with van der Waals surface area (Å²) in [5.41, 5.74) is 1.43. The van der Waals surface area contributed by atoms with Crippen LogP contribution in [-0.4, -0.2) is 66.9 Å². The lowest BCUT2D eigenvalue weighted by atomic mass is 9.76. The molecule has 0 saturated carbocycles. The Morgan fingerprint density at radius 2 is 1.92 bits per heavy atom. The van der Waals surface area contributed by atoms with E-state index in [1.54, 1.807) is 0 Å². The molecule has 4 rings (SSSR count). The third-order valence-corrected chi connectivity index (χ3v) is 6.48. The SMILES string of the molecule is OC[C@]12COCC[C@H]1CN(C1CCN(Cc3ccccc3)CC1)C2. The Labute approximate surface area is 145 Å². The summed E-state index contributed by atoms with van der Waals surface area (Å²) < 4.78 is 5.70. The molecule has 0 spiro atoms. The van der Waals surface area contributed by atoms with Crippen LogP contribution in [0.15, 0.2) is 30.3 Å². The van der Waals surface area contributed by atoms with Crippen molar-refractivity contribution in [1.29, 1.82) is 0 Å². The molecular weight excluding hydrogens is 300 g/mol. The van der Waals surface area contributed by atoms with Crippen molar-refractivity contribution < 1.29 is 9.84 Å². The van der Waals surface area contributed by atoms with Crippen molar-refractivity contribution in [3.8, 4) is 0 Å². The Morgan fingerprint density at radius 1 is 1.12 bits per heavy atom. The van der Waals surface area contributed by atoms with Crippen molar-refractivity contribution >= 4 is 0 Å². The van der Waals surface area contributed by atoms with Gasteiger partial charge >= 0.3 is 0 Å². The van der Waals surface area contributed by atoms with E-state index < -0.39 is 0 Å². The van der Waals surface area contributed by atoms with Gasteiger partial charge in [-0.1, -0.05) is 30.3 Å². The van der Waals surface area contributed by atoms with Crippen LogP contribution in [0.4, 0.5) is 0 Å². The van der Waals surface area contributed by atoms with Crippen molar-refractivity contribution in [3.05, 3.63) is 35.9 Å². The monoisotopic (exact) mass is 330 g/mol. The van der Waals surface area contributed by atoms with Gasteiger partial charge in [0.15, 0.2) is 0 Å². The summed E-state index contributed by atoms with van der Waals surface area (Å²) >= 11 is 0. The van der Waals surface area contributed by atoms with E-state index in [-0.39, 0.29) is 12.0 Å². The molecule has 0 amide bonds. The second kappa shape index (κ2) is 7.12. The highest BCUT2D eigenvalue weighted by molar-refractivity contribution is 5.14. The Hall–Kier alpha value is -0.940. The smallest absolute Gasteiger partial charge is 0.0559 e. The third kappa shape index (κ3) is 3.25. The Kier molecular flexibility index (Phi) is 4.90. The van der Waals surface area contributed by atoms with Gasteiger partial charge in [0.05, 0.1) is 13.2 Å². The van der Waals surface area contributed by atoms with E-state index in [1.807, 2.05) is 0 Å². The van der Waals surface area contributed by atoms with E-state index in [9.17, 15) is 5.11 Å². The quantitative estimate of drug-likeness (QED) is 0.916. The third-order valence-electron chi connectivity index (χ3n) is 6.48. The molecule has 3 aliphatic heterocycles. The fraction of sp³-hybridized carbons (Fsp3) is 0.700. The topological polar surface area (TPSA) is 35.9 Å². The minimum absolute atomic E-state index is 0.0133. The normalized spacial score (nSPS) is 32.8. The van der Waals surface area contributed by atoms with Gasteiger partial charge in [0.25, 0.3) is 0 Å². The van der Waals surface area contributed by atoms with Crippen LogP contribution in [0.2, 0.25) is 0 Å². The summed E-state index contributed by atoms with van der Waals surface area (Å²) in [4.78, 5) is 5.25. The second-order valence-electron chi connectivity index (χ2n) is 7.98. The van der Waals surface area contributed by atoms with E-state index in [0.29, 0.717) is 12.0 Å². The minimum Gasteiger partial charge on any atom is -0.396 e. The number of piperidine rings is 1. The summed E-state index contributed by atoms with van der Waals surface area (Å²) in [6.07, 6.45) is 3.62. The van der Waals surface area contributed by atoms with Crippen LogP contribution >= 0.6 is 0 Å². The zero-order valence-corrected chi connectivity index (χ0v) is 14.6. The standard InChI is InChI=1S/C20H30N2O2/c23-15-20-14-22(13-18(20)8-11-24-16-20)19-6-9-21(10-7-19)12-17-4-2-1-3-5-17/h1-5,18-19,23H,6-16H2/t18-,20+/m0/s1. The number of fused-ring (bicyclic) bond motifs is 1. The van der Waals surface area contributed by atoms with Gasteiger partial charge < -0.3 is 9.84 Å². The fourth-order valence-electron chi connectivity index (χ4n) is 4.92. The average molecular weight is 330 g/mol. The van der Waals surface area contributed by atoms with Crippen LogP contribution in [0.25, 0.3) is 0 Å². The van der Waals surface area contributed by atoms with Crippen LogP contribution in [0, 0.1) is 11.3 Å². The largest absolute Gasteiger partial charge is 0.396 e. The molecule has 0 radical (unpaired) electrons. The second-order valence-corrected chi connectivity index (χ2v) is 7.98. The van der Waals surface area contributed by atoms with Gasteiger partial charge in [0.2, 0.25) is 0 Å². The van der Waals surface area contributed by atoms with Gasteiger partial charge in [0, 0.05) is 37.7 Å². The van der Waals surface area contributed by atoms with Crippen molar-refractivity contribution in [2.75, 3.05) is 46.0 Å². The summed E-state index contributed by atoms with van der Waals surface area (Å²) in [5.74, 6) is 0.624. The Bertz CT molecular complexity index is 530. The number of hydrogen-bond acceptors (Lipinski definition) is 4. The van der Waals surface area contributed by atoms with Crippen LogP contribution < -0.4 is 0 Å². The number of hydrogen-bond donors (Lipinski definition) is 1. The number of aliphatic hydroxyl groups excluding tert-OH is 1. The molecule has 132 valence electrons. The number of rotatable bonds is 4. The molecule has 2 atom stereocenters. The first-order valence-corrected chi connectivity index (χ1v) is 9.48. The number of nitrogens with zero attached hydrogens (tertiary/aromatic N) is 2. The maximum Gasteiger partial charge on any atom is 0.0559 e. The highest BCUT2D eigenvalue weighted by Gasteiger charge is 2.49. The van der Waals surface area contributed by atoms with E-state index in [4.69, 9.17) is 4.74 Å². The maximum absolute atomic E-state index is 9.96. The number of aliphatic hydroxyl groups is 1. The molecule has 3 saturated heterocycles. The highest BCUT2D eigenvalue weighted by Crippen LogP contribution is 2.42. The van der Waals surface area contributed by atoms with Gasteiger partial charge in [-0.15, -0.1) is 0 Å². The molecule has 1 aromatic rings. The molecule has 4 heteroatoms. The highest BCUT2D eigenvalue weighted by atomic mass is 16.5. The predicted octanol–water partition coefficient (Wildman–Crippen LogP) is 1.98. The number of ether oxygens (including phenoxy) is 1.